The Bertz CT molecular complexity index is 425. The molecule has 1 unspecified atom stereocenters. The van der Waals surface area contributed by atoms with Crippen LogP contribution < -0.4 is 5.32 Å². The molecule has 0 spiro atoms. The van der Waals surface area contributed by atoms with E-state index in [2.05, 4.69) is 58.2 Å². The Balaban J connectivity index is 1.95. The van der Waals surface area contributed by atoms with E-state index in [9.17, 15) is 0 Å². The van der Waals surface area contributed by atoms with E-state index in [1.54, 1.807) is 0 Å². The summed E-state index contributed by atoms with van der Waals surface area (Å²) in [5.74, 6) is 0. The molecule has 0 bridgehead atoms. The minimum absolute atomic E-state index is 0.399. The maximum Gasteiger partial charge on any atom is 0.0700 e. The van der Waals surface area contributed by atoms with Gasteiger partial charge in [-0.1, -0.05) is 41.9 Å². The highest BCUT2D eigenvalue weighted by Crippen LogP contribution is 2.21. The maximum atomic E-state index is 5.73. The fourth-order valence-electron chi connectivity index (χ4n) is 2.51. The van der Waals surface area contributed by atoms with Crippen LogP contribution in [0, 0.1) is 0 Å². The number of nitrogens with one attached hydrogen (secondary N) is 1. The van der Waals surface area contributed by atoms with Crippen LogP contribution in [0.25, 0.3) is 0 Å². The van der Waals surface area contributed by atoms with Crippen LogP contribution >= 0.6 is 15.9 Å². The summed E-state index contributed by atoms with van der Waals surface area (Å²) in [6, 6.07) is 6.70. The van der Waals surface area contributed by atoms with Gasteiger partial charge in [0.15, 0.2) is 0 Å². The van der Waals surface area contributed by atoms with E-state index >= 15 is 0 Å². The van der Waals surface area contributed by atoms with Crippen LogP contribution in [0.2, 0.25) is 0 Å². The first-order valence-corrected chi connectivity index (χ1v) is 8.34. The number of benzene rings is 1. The summed E-state index contributed by atoms with van der Waals surface area (Å²) in [6.07, 6.45) is 1.50. The van der Waals surface area contributed by atoms with Gasteiger partial charge in [-0.2, -0.15) is 0 Å². The SMILES string of the molecule is CCNCc1ccc(CN2CCOC(CC)C2)c(Br)c1. The van der Waals surface area contributed by atoms with E-state index in [0.29, 0.717) is 6.10 Å². The van der Waals surface area contributed by atoms with Gasteiger partial charge in [0.05, 0.1) is 12.7 Å². The Morgan fingerprint density at radius 1 is 1.40 bits per heavy atom. The second-order valence-corrected chi connectivity index (χ2v) is 6.20. The quantitative estimate of drug-likeness (QED) is 0.860. The molecule has 0 aromatic heterocycles. The van der Waals surface area contributed by atoms with Crippen LogP contribution in [0.15, 0.2) is 22.7 Å². The lowest BCUT2D eigenvalue weighted by atomic mass is 10.1. The molecule has 1 N–H and O–H groups in total. The number of hydrogen-bond donors (Lipinski definition) is 1. The molecule has 0 aliphatic carbocycles. The van der Waals surface area contributed by atoms with Crippen LogP contribution in [0.1, 0.15) is 31.4 Å². The van der Waals surface area contributed by atoms with Crippen molar-refractivity contribution in [1.82, 2.24) is 10.2 Å². The van der Waals surface area contributed by atoms with Crippen molar-refractivity contribution < 1.29 is 4.74 Å². The number of nitrogens with zero attached hydrogens (tertiary/aromatic N) is 1. The third kappa shape index (κ3) is 4.55. The summed E-state index contributed by atoms with van der Waals surface area (Å²) in [6.45, 7) is 10.2. The minimum atomic E-state index is 0.399. The first kappa shape index (κ1) is 16.0. The van der Waals surface area contributed by atoms with E-state index < -0.39 is 0 Å². The highest BCUT2D eigenvalue weighted by molar-refractivity contribution is 9.10. The topological polar surface area (TPSA) is 24.5 Å². The van der Waals surface area contributed by atoms with Crippen molar-refractivity contribution in [3.63, 3.8) is 0 Å². The number of hydrogen-bond acceptors (Lipinski definition) is 3. The molecule has 1 heterocycles. The lowest BCUT2D eigenvalue weighted by molar-refractivity contribution is -0.0325. The van der Waals surface area contributed by atoms with Crippen molar-refractivity contribution in [2.45, 2.75) is 39.5 Å². The Morgan fingerprint density at radius 3 is 2.95 bits per heavy atom. The summed E-state index contributed by atoms with van der Waals surface area (Å²) in [5, 5.41) is 3.36. The number of morpholine rings is 1. The van der Waals surface area contributed by atoms with Crippen LogP contribution in [-0.2, 0) is 17.8 Å². The Morgan fingerprint density at radius 2 is 2.25 bits per heavy atom. The number of rotatable bonds is 6. The Hall–Kier alpha value is -0.420. The lowest BCUT2D eigenvalue weighted by Crippen LogP contribution is -2.41. The second-order valence-electron chi connectivity index (χ2n) is 5.34. The Labute approximate surface area is 130 Å². The highest BCUT2D eigenvalue weighted by atomic mass is 79.9. The summed E-state index contributed by atoms with van der Waals surface area (Å²) in [5.41, 5.74) is 2.69. The smallest absolute Gasteiger partial charge is 0.0700 e. The van der Waals surface area contributed by atoms with Crippen molar-refractivity contribution in [3.05, 3.63) is 33.8 Å². The molecule has 1 aliphatic heterocycles. The molecule has 20 heavy (non-hydrogen) atoms. The van der Waals surface area contributed by atoms with Gasteiger partial charge in [-0.05, 0) is 30.2 Å². The minimum Gasteiger partial charge on any atom is -0.376 e. The summed E-state index contributed by atoms with van der Waals surface area (Å²) in [4.78, 5) is 2.49. The van der Waals surface area contributed by atoms with Crippen molar-refractivity contribution in [2.75, 3.05) is 26.2 Å². The van der Waals surface area contributed by atoms with Crippen LogP contribution in [0.3, 0.4) is 0 Å². The molecule has 0 radical (unpaired) electrons. The molecule has 4 heteroatoms. The summed E-state index contributed by atoms with van der Waals surface area (Å²) in [7, 11) is 0. The zero-order valence-corrected chi connectivity index (χ0v) is 14.1. The average Bonchev–Trinajstić information content (AvgIpc) is 2.48. The van der Waals surface area contributed by atoms with Gasteiger partial charge >= 0.3 is 0 Å². The molecular formula is C16H25BrN2O. The molecule has 1 aliphatic rings. The van der Waals surface area contributed by atoms with E-state index in [-0.39, 0.29) is 0 Å². The average molecular weight is 341 g/mol. The van der Waals surface area contributed by atoms with Crippen LogP contribution in [0.4, 0.5) is 0 Å². The number of halogens is 1. The first-order chi connectivity index (χ1) is 9.72. The van der Waals surface area contributed by atoms with E-state index in [1.165, 1.54) is 15.6 Å². The highest BCUT2D eigenvalue weighted by Gasteiger charge is 2.19. The Kier molecular flexibility index (Phi) is 6.49. The zero-order valence-electron chi connectivity index (χ0n) is 12.5. The summed E-state index contributed by atoms with van der Waals surface area (Å²) >= 11 is 3.71. The van der Waals surface area contributed by atoms with Crippen molar-refractivity contribution in [3.8, 4) is 0 Å². The molecule has 1 fully saturated rings. The van der Waals surface area contributed by atoms with Crippen molar-refractivity contribution >= 4 is 15.9 Å². The predicted molar refractivity (Wildman–Crippen MR) is 86.8 cm³/mol. The molecule has 2 rings (SSSR count). The zero-order chi connectivity index (χ0) is 14.4. The molecule has 0 amide bonds. The molecule has 3 nitrogen and oxygen atoms in total. The van der Waals surface area contributed by atoms with E-state index in [1.807, 2.05) is 0 Å². The second kappa shape index (κ2) is 8.13. The third-order valence-electron chi connectivity index (χ3n) is 3.77. The fraction of sp³-hybridized carbons (Fsp3) is 0.625. The van der Waals surface area contributed by atoms with Gasteiger partial charge in [-0.3, -0.25) is 4.90 Å². The fourth-order valence-corrected chi connectivity index (χ4v) is 3.06. The van der Waals surface area contributed by atoms with Gasteiger partial charge in [-0.25, -0.2) is 0 Å². The molecule has 112 valence electrons. The normalized spacial score (nSPS) is 20.2. The third-order valence-corrected chi connectivity index (χ3v) is 4.51. The standard InChI is InChI=1S/C16H25BrN2O/c1-3-15-12-19(7-8-20-15)11-14-6-5-13(9-16(14)17)10-18-4-2/h5-6,9,15,18H,3-4,7-8,10-12H2,1-2H3. The molecular weight excluding hydrogens is 316 g/mol. The summed E-state index contributed by atoms with van der Waals surface area (Å²) < 4.78 is 6.94. The van der Waals surface area contributed by atoms with Crippen LogP contribution in [-0.4, -0.2) is 37.2 Å². The van der Waals surface area contributed by atoms with Gasteiger partial charge in [-0.15, -0.1) is 0 Å². The molecule has 1 aromatic carbocycles. The van der Waals surface area contributed by atoms with Gasteiger partial charge in [0.1, 0.15) is 0 Å². The van der Waals surface area contributed by atoms with Gasteiger partial charge in [0, 0.05) is 30.7 Å². The molecule has 0 saturated carbocycles. The van der Waals surface area contributed by atoms with Crippen molar-refractivity contribution in [2.24, 2.45) is 0 Å². The largest absolute Gasteiger partial charge is 0.376 e. The van der Waals surface area contributed by atoms with E-state index in [0.717, 1.165) is 45.8 Å². The predicted octanol–water partition coefficient (Wildman–Crippen LogP) is 3.17. The monoisotopic (exact) mass is 340 g/mol. The maximum absolute atomic E-state index is 5.73. The van der Waals surface area contributed by atoms with Crippen LogP contribution in [0.5, 0.6) is 0 Å². The van der Waals surface area contributed by atoms with Crippen molar-refractivity contribution in [1.29, 1.82) is 0 Å². The number of ether oxygens (including phenoxy) is 1. The van der Waals surface area contributed by atoms with Gasteiger partial charge in [0.2, 0.25) is 0 Å². The molecule has 1 saturated heterocycles. The lowest BCUT2D eigenvalue weighted by Gasteiger charge is -2.32. The first-order valence-electron chi connectivity index (χ1n) is 7.55. The van der Waals surface area contributed by atoms with Gasteiger partial charge in [0.25, 0.3) is 0 Å². The molecule has 1 aromatic rings. The molecule has 1 atom stereocenters. The van der Waals surface area contributed by atoms with Gasteiger partial charge < -0.3 is 10.1 Å². The van der Waals surface area contributed by atoms with E-state index in [4.69, 9.17) is 4.74 Å².